The highest BCUT2D eigenvalue weighted by Gasteiger charge is 2.56. The molecule has 12 nitrogen and oxygen atoms in total. The molecule has 56 heavy (non-hydrogen) atoms. The number of alkyl carbamates (subject to hydrolysis) is 2. The molecule has 2 fully saturated rings. The first kappa shape index (κ1) is 41.6. The van der Waals surface area contributed by atoms with Gasteiger partial charge in [0.1, 0.15) is 11.2 Å². The first-order valence-corrected chi connectivity index (χ1v) is 19.4. The van der Waals surface area contributed by atoms with Crippen molar-refractivity contribution in [1.82, 2.24) is 21.3 Å². The summed E-state index contributed by atoms with van der Waals surface area (Å²) in [6.07, 6.45) is -1.34. The number of benzene rings is 4. The van der Waals surface area contributed by atoms with Crippen LogP contribution in [0.15, 0.2) is 121 Å². The lowest BCUT2D eigenvalue weighted by atomic mass is 9.80. The van der Waals surface area contributed by atoms with Crippen LogP contribution in [-0.2, 0) is 30.1 Å². The van der Waals surface area contributed by atoms with E-state index in [1.165, 1.54) is 0 Å². The number of hydrogen-bond acceptors (Lipinski definition) is 10. The molecule has 0 aromatic heterocycles. The van der Waals surface area contributed by atoms with E-state index in [-0.39, 0.29) is 10.2 Å². The first-order chi connectivity index (χ1) is 26.4. The third kappa shape index (κ3) is 9.61. The van der Waals surface area contributed by atoms with Crippen LogP contribution in [0.1, 0.15) is 75.9 Å². The summed E-state index contributed by atoms with van der Waals surface area (Å²) < 4.78 is 10.8. The van der Waals surface area contributed by atoms with Gasteiger partial charge in [0.2, 0.25) is 10.2 Å². The molecule has 4 amide bonds. The molecule has 0 radical (unpaired) electrons. The SMILES string of the molecule is CC(C)(C)OC(=O)N[C@@H](c1ccccc1)[C@]1(c2ccccc2)NC(=O)SC1=O.CC(C)(C)OC(=O)N[C@@H](c1ccccc1)[C@]1(c2ccccc2)NC(=O)SC1=O. The number of rotatable bonds is 8. The van der Waals surface area contributed by atoms with Crippen LogP contribution in [0.3, 0.4) is 0 Å². The summed E-state index contributed by atoms with van der Waals surface area (Å²) >= 11 is 1.21. The zero-order chi connectivity index (χ0) is 40.7. The van der Waals surface area contributed by atoms with Gasteiger partial charge in [0, 0.05) is 23.5 Å². The predicted molar refractivity (Wildman–Crippen MR) is 216 cm³/mol. The summed E-state index contributed by atoms with van der Waals surface area (Å²) in [5.74, 6) is 0. The van der Waals surface area contributed by atoms with E-state index in [0.717, 1.165) is 0 Å². The lowest BCUT2D eigenvalue weighted by molar-refractivity contribution is -0.118. The summed E-state index contributed by atoms with van der Waals surface area (Å²) in [6.45, 7) is 10.6. The Morgan fingerprint density at radius 3 is 1.05 bits per heavy atom. The summed E-state index contributed by atoms with van der Waals surface area (Å²) in [4.78, 5) is 75.7. The molecule has 4 aromatic rings. The number of hydrogen-bond donors (Lipinski definition) is 4. The number of amides is 4. The Kier molecular flexibility index (Phi) is 12.6. The van der Waals surface area contributed by atoms with Crippen molar-refractivity contribution in [3.8, 4) is 0 Å². The molecule has 292 valence electrons. The Balaban J connectivity index is 0.000000214. The van der Waals surface area contributed by atoms with Gasteiger partial charge in [0.05, 0.1) is 12.1 Å². The Hall–Kier alpha value is -5.60. The molecule has 0 saturated carbocycles. The minimum Gasteiger partial charge on any atom is -0.444 e. The van der Waals surface area contributed by atoms with Crippen molar-refractivity contribution >= 4 is 56.4 Å². The fourth-order valence-corrected chi connectivity index (χ4v) is 7.98. The molecule has 0 unspecified atom stereocenters. The van der Waals surface area contributed by atoms with Gasteiger partial charge < -0.3 is 30.7 Å². The molecule has 2 aliphatic rings. The maximum Gasteiger partial charge on any atom is 0.408 e. The van der Waals surface area contributed by atoms with Crippen molar-refractivity contribution in [2.45, 2.75) is 75.9 Å². The van der Waals surface area contributed by atoms with Crippen LogP contribution in [-0.4, -0.2) is 44.1 Å². The van der Waals surface area contributed by atoms with Crippen LogP contribution in [0.2, 0.25) is 0 Å². The molecular formula is C42H44N4O8S2. The maximum atomic E-state index is 13.1. The van der Waals surface area contributed by atoms with Crippen LogP contribution in [0.4, 0.5) is 19.2 Å². The molecule has 4 aromatic carbocycles. The van der Waals surface area contributed by atoms with E-state index < -0.39 is 57.0 Å². The van der Waals surface area contributed by atoms with Crippen molar-refractivity contribution in [3.63, 3.8) is 0 Å². The predicted octanol–water partition coefficient (Wildman–Crippen LogP) is 8.26. The zero-order valence-corrected chi connectivity index (χ0v) is 33.4. The van der Waals surface area contributed by atoms with Crippen molar-refractivity contribution in [1.29, 1.82) is 0 Å². The van der Waals surface area contributed by atoms with Gasteiger partial charge >= 0.3 is 12.2 Å². The molecule has 14 heteroatoms. The maximum absolute atomic E-state index is 13.1. The Labute approximate surface area is 334 Å². The Morgan fingerprint density at radius 2 is 0.804 bits per heavy atom. The van der Waals surface area contributed by atoms with Gasteiger partial charge in [-0.1, -0.05) is 121 Å². The average molecular weight is 797 g/mol. The van der Waals surface area contributed by atoms with Crippen LogP contribution in [0.5, 0.6) is 0 Å². The number of nitrogens with one attached hydrogen (secondary N) is 4. The van der Waals surface area contributed by atoms with Crippen molar-refractivity contribution in [3.05, 3.63) is 144 Å². The fraction of sp³-hybridized carbons (Fsp3) is 0.286. The largest absolute Gasteiger partial charge is 0.444 e. The van der Waals surface area contributed by atoms with Gasteiger partial charge in [-0.2, -0.15) is 0 Å². The monoisotopic (exact) mass is 796 g/mol. The third-order valence-electron chi connectivity index (χ3n) is 8.53. The second-order valence-electron chi connectivity index (χ2n) is 14.9. The minimum atomic E-state index is -1.44. The lowest BCUT2D eigenvalue weighted by Crippen LogP contribution is -2.54. The molecule has 2 heterocycles. The topological polar surface area (TPSA) is 169 Å². The van der Waals surface area contributed by atoms with Crippen LogP contribution in [0.25, 0.3) is 0 Å². The third-order valence-corrected chi connectivity index (χ3v) is 10.1. The number of carbonyl (C=O) groups is 6. The normalized spacial score (nSPS) is 20.4. The van der Waals surface area contributed by atoms with E-state index in [4.69, 9.17) is 9.47 Å². The average Bonchev–Trinajstić information content (AvgIpc) is 3.63. The quantitative estimate of drug-likeness (QED) is 0.136. The van der Waals surface area contributed by atoms with E-state index in [9.17, 15) is 28.8 Å². The molecule has 2 saturated heterocycles. The summed E-state index contributed by atoms with van der Waals surface area (Å²) in [5, 5.41) is 9.56. The van der Waals surface area contributed by atoms with E-state index in [1.807, 2.05) is 48.5 Å². The van der Waals surface area contributed by atoms with Gasteiger partial charge in [0.25, 0.3) is 10.5 Å². The highest BCUT2D eigenvalue weighted by molar-refractivity contribution is 8.27. The Bertz CT molecular complexity index is 1910. The zero-order valence-electron chi connectivity index (χ0n) is 31.8. The molecule has 0 spiro atoms. The lowest BCUT2D eigenvalue weighted by Gasteiger charge is -2.36. The standard InChI is InChI=1S/2C21H22N2O4S/c2*1-20(2,3)27-18(25)22-16(14-10-6-4-7-11-14)21(15-12-8-5-9-13-15)17(24)28-19(26)23-21/h2*4-13,16H,1-3H3,(H,22,25)(H,23,26)/t2*16-,21-/m00/s1. The summed E-state index contributed by atoms with van der Waals surface area (Å²) in [7, 11) is 0. The van der Waals surface area contributed by atoms with Crippen molar-refractivity contribution < 1.29 is 38.2 Å². The highest BCUT2D eigenvalue weighted by atomic mass is 32.2. The molecule has 0 aliphatic carbocycles. The first-order valence-electron chi connectivity index (χ1n) is 17.7. The Morgan fingerprint density at radius 1 is 0.518 bits per heavy atom. The van der Waals surface area contributed by atoms with E-state index >= 15 is 0 Å². The van der Waals surface area contributed by atoms with Gasteiger partial charge in [-0.15, -0.1) is 0 Å². The number of carbonyl (C=O) groups excluding carboxylic acids is 6. The van der Waals surface area contributed by atoms with Crippen LogP contribution in [0, 0.1) is 0 Å². The van der Waals surface area contributed by atoms with Crippen LogP contribution >= 0.6 is 23.5 Å². The molecule has 2 aliphatic heterocycles. The number of ether oxygens (including phenoxy) is 2. The molecule has 0 bridgehead atoms. The van der Waals surface area contributed by atoms with Gasteiger partial charge in [-0.3, -0.25) is 19.2 Å². The van der Waals surface area contributed by atoms with Crippen LogP contribution < -0.4 is 21.3 Å². The highest BCUT2D eigenvalue weighted by Crippen LogP contribution is 2.45. The molecular weight excluding hydrogens is 753 g/mol. The van der Waals surface area contributed by atoms with E-state index in [0.29, 0.717) is 45.8 Å². The van der Waals surface area contributed by atoms with Gasteiger partial charge in [-0.25, -0.2) is 9.59 Å². The summed E-state index contributed by atoms with van der Waals surface area (Å²) in [6, 6.07) is 34.3. The van der Waals surface area contributed by atoms with E-state index in [2.05, 4.69) is 21.3 Å². The number of thioether (sulfide) groups is 2. The summed E-state index contributed by atoms with van der Waals surface area (Å²) in [5.41, 5.74) is -1.78. The smallest absolute Gasteiger partial charge is 0.408 e. The molecule has 4 N–H and O–H groups in total. The fourth-order valence-electron chi connectivity index (χ4n) is 6.32. The van der Waals surface area contributed by atoms with E-state index in [1.54, 1.807) is 114 Å². The minimum absolute atomic E-state index is 0.381. The second-order valence-corrected chi connectivity index (χ2v) is 16.8. The molecule has 4 atom stereocenters. The second kappa shape index (κ2) is 17.0. The van der Waals surface area contributed by atoms with Crippen molar-refractivity contribution in [2.75, 3.05) is 0 Å². The van der Waals surface area contributed by atoms with Gasteiger partial charge in [-0.05, 0) is 63.8 Å². The van der Waals surface area contributed by atoms with Crippen molar-refractivity contribution in [2.24, 2.45) is 0 Å². The molecule has 6 rings (SSSR count). The van der Waals surface area contributed by atoms with Gasteiger partial charge in [0.15, 0.2) is 11.1 Å².